The molecule has 0 N–H and O–H groups in total. The lowest BCUT2D eigenvalue weighted by atomic mass is 10.2. The molecule has 2 heterocycles. The number of ether oxygens (including phenoxy) is 3. The third-order valence-electron chi connectivity index (χ3n) is 5.14. The van der Waals surface area contributed by atoms with Crippen LogP contribution >= 0.6 is 11.8 Å². The monoisotopic (exact) mass is 479 g/mol. The largest absolute Gasteiger partial charge is 0.497 e. The van der Waals surface area contributed by atoms with E-state index in [-0.39, 0.29) is 11.9 Å². The van der Waals surface area contributed by atoms with Crippen molar-refractivity contribution in [3.8, 4) is 22.9 Å². The fourth-order valence-electron chi connectivity index (χ4n) is 3.54. The van der Waals surface area contributed by atoms with Gasteiger partial charge in [-0.05, 0) is 54.8 Å². The lowest BCUT2D eigenvalue weighted by molar-refractivity contribution is -0.153. The maximum Gasteiger partial charge on any atom is 0.422 e. The summed E-state index contributed by atoms with van der Waals surface area (Å²) in [5.41, 5.74) is 1.74. The second-order valence-electron chi connectivity index (χ2n) is 7.62. The molecule has 1 saturated heterocycles. The highest BCUT2D eigenvalue weighted by atomic mass is 32.2. The topological polar surface area (TPSA) is 58.4 Å². The van der Waals surface area contributed by atoms with Crippen molar-refractivity contribution in [1.29, 1.82) is 0 Å². The van der Waals surface area contributed by atoms with Crippen molar-refractivity contribution in [2.75, 3.05) is 20.3 Å². The molecule has 3 aromatic rings. The zero-order valence-corrected chi connectivity index (χ0v) is 18.9. The number of hydrogen-bond acceptors (Lipinski definition) is 6. The quantitative estimate of drug-likeness (QED) is 0.385. The fourth-order valence-corrected chi connectivity index (χ4v) is 4.43. The average molecular weight is 480 g/mol. The van der Waals surface area contributed by atoms with E-state index >= 15 is 0 Å². The van der Waals surface area contributed by atoms with E-state index in [0.29, 0.717) is 12.3 Å². The Morgan fingerprint density at radius 1 is 1.12 bits per heavy atom. The van der Waals surface area contributed by atoms with Crippen molar-refractivity contribution in [2.24, 2.45) is 0 Å². The fraction of sp³-hybridized carbons (Fsp3) is 0.391. The summed E-state index contributed by atoms with van der Waals surface area (Å²) in [5.74, 6) is 2.18. The Labute approximate surface area is 194 Å². The first kappa shape index (κ1) is 23.4. The van der Waals surface area contributed by atoms with Crippen LogP contribution in [0.2, 0.25) is 0 Å². The van der Waals surface area contributed by atoms with Crippen LogP contribution in [0, 0.1) is 0 Å². The van der Waals surface area contributed by atoms with Gasteiger partial charge in [-0.25, -0.2) is 0 Å². The van der Waals surface area contributed by atoms with Crippen LogP contribution in [0.15, 0.2) is 53.7 Å². The highest BCUT2D eigenvalue weighted by Crippen LogP contribution is 2.30. The molecule has 0 saturated carbocycles. The van der Waals surface area contributed by atoms with Crippen molar-refractivity contribution in [2.45, 2.75) is 42.6 Å². The third kappa shape index (κ3) is 6.42. The molecule has 0 spiro atoms. The molecule has 4 rings (SSSR count). The number of rotatable bonds is 9. The highest BCUT2D eigenvalue weighted by molar-refractivity contribution is 7.98. The van der Waals surface area contributed by atoms with E-state index in [2.05, 4.69) is 10.2 Å². The molecule has 1 unspecified atom stereocenters. The summed E-state index contributed by atoms with van der Waals surface area (Å²) in [5, 5.41) is 9.53. The first-order valence-electron chi connectivity index (χ1n) is 10.5. The van der Waals surface area contributed by atoms with Crippen LogP contribution in [-0.2, 0) is 17.0 Å². The second kappa shape index (κ2) is 10.5. The van der Waals surface area contributed by atoms with Gasteiger partial charge in [0.25, 0.3) is 0 Å². The van der Waals surface area contributed by atoms with Gasteiger partial charge in [0.15, 0.2) is 17.6 Å². The van der Waals surface area contributed by atoms with Gasteiger partial charge in [-0.15, -0.1) is 10.2 Å². The molecule has 2 aromatic carbocycles. The Morgan fingerprint density at radius 2 is 1.94 bits per heavy atom. The van der Waals surface area contributed by atoms with Crippen LogP contribution in [0.3, 0.4) is 0 Å². The molecule has 1 atom stereocenters. The highest BCUT2D eigenvalue weighted by Gasteiger charge is 2.28. The molecule has 0 radical (unpaired) electrons. The molecule has 1 fully saturated rings. The van der Waals surface area contributed by atoms with Crippen molar-refractivity contribution in [3.05, 3.63) is 54.1 Å². The molecule has 0 amide bonds. The summed E-state index contributed by atoms with van der Waals surface area (Å²) in [6, 6.07) is 14.3. The predicted molar refractivity (Wildman–Crippen MR) is 119 cm³/mol. The van der Waals surface area contributed by atoms with E-state index < -0.39 is 12.8 Å². The van der Waals surface area contributed by atoms with Crippen molar-refractivity contribution in [3.63, 3.8) is 0 Å². The van der Waals surface area contributed by atoms with Gasteiger partial charge >= 0.3 is 6.18 Å². The minimum absolute atomic E-state index is 0.0939. The van der Waals surface area contributed by atoms with Crippen LogP contribution in [0.4, 0.5) is 13.2 Å². The second-order valence-corrected chi connectivity index (χ2v) is 8.56. The van der Waals surface area contributed by atoms with Crippen molar-refractivity contribution in [1.82, 2.24) is 14.8 Å². The van der Waals surface area contributed by atoms with E-state index in [1.165, 1.54) is 17.8 Å². The van der Waals surface area contributed by atoms with Gasteiger partial charge in [-0.3, -0.25) is 4.57 Å². The number of alkyl halides is 3. The van der Waals surface area contributed by atoms with E-state index in [1.54, 1.807) is 19.2 Å². The molecule has 0 aliphatic carbocycles. The third-order valence-corrected chi connectivity index (χ3v) is 6.18. The van der Waals surface area contributed by atoms with Crippen LogP contribution in [0.1, 0.15) is 18.4 Å². The molecule has 33 heavy (non-hydrogen) atoms. The summed E-state index contributed by atoms with van der Waals surface area (Å²) in [4.78, 5) is 0. The Balaban J connectivity index is 1.51. The minimum atomic E-state index is -4.37. The molecule has 0 bridgehead atoms. The summed E-state index contributed by atoms with van der Waals surface area (Å²) < 4.78 is 55.3. The Morgan fingerprint density at radius 3 is 2.64 bits per heavy atom. The molecular weight excluding hydrogens is 455 g/mol. The maximum atomic E-state index is 12.4. The molecule has 1 aliphatic heterocycles. The van der Waals surface area contributed by atoms with Gasteiger partial charge in [-0.1, -0.05) is 23.9 Å². The van der Waals surface area contributed by atoms with Gasteiger partial charge in [0.2, 0.25) is 0 Å². The SMILES string of the molecule is COc1ccc(-c2nnc(SCc3cccc(OCC(F)(F)F)c3)n2CC2CCCO2)cc1. The Bertz CT molecular complexity index is 1050. The van der Waals surface area contributed by atoms with Crippen LogP contribution in [-0.4, -0.2) is 47.4 Å². The van der Waals surface area contributed by atoms with Gasteiger partial charge in [0.1, 0.15) is 11.5 Å². The van der Waals surface area contributed by atoms with Crippen LogP contribution < -0.4 is 9.47 Å². The molecular formula is C23H24F3N3O3S. The van der Waals surface area contributed by atoms with Crippen LogP contribution in [0.5, 0.6) is 11.5 Å². The standard InChI is InChI=1S/C23H24F3N3O3S/c1-30-18-9-7-17(8-10-18)21-27-28-22(29(21)13-20-6-3-11-31-20)33-14-16-4-2-5-19(12-16)32-15-23(24,25)26/h2,4-5,7-10,12,20H,3,6,11,13-15H2,1H3. The average Bonchev–Trinajstić information content (AvgIpc) is 3.47. The molecule has 1 aliphatic rings. The van der Waals surface area contributed by atoms with Gasteiger partial charge in [0, 0.05) is 17.9 Å². The Kier molecular flexibility index (Phi) is 7.44. The number of methoxy groups -OCH3 is 1. The van der Waals surface area contributed by atoms with Crippen molar-refractivity contribution >= 4 is 11.8 Å². The lowest BCUT2D eigenvalue weighted by Gasteiger charge is -2.15. The normalized spacial score (nSPS) is 16.2. The van der Waals surface area contributed by atoms with E-state index in [9.17, 15) is 13.2 Å². The smallest absolute Gasteiger partial charge is 0.422 e. The zero-order chi connectivity index (χ0) is 23.3. The summed E-state index contributed by atoms with van der Waals surface area (Å²) in [7, 11) is 1.62. The van der Waals surface area contributed by atoms with Gasteiger partial charge in [0.05, 0.1) is 19.8 Å². The van der Waals surface area contributed by atoms with Gasteiger partial charge in [-0.2, -0.15) is 13.2 Å². The number of benzene rings is 2. The Hall–Kier alpha value is -2.72. The van der Waals surface area contributed by atoms with Crippen molar-refractivity contribution < 1.29 is 27.4 Å². The number of thioether (sulfide) groups is 1. The predicted octanol–water partition coefficient (Wildman–Crippen LogP) is 5.37. The van der Waals surface area contributed by atoms with Gasteiger partial charge < -0.3 is 14.2 Å². The lowest BCUT2D eigenvalue weighted by Crippen LogP contribution is -2.19. The zero-order valence-electron chi connectivity index (χ0n) is 18.0. The first-order chi connectivity index (χ1) is 15.9. The number of hydrogen-bond donors (Lipinski definition) is 0. The van der Waals surface area contributed by atoms with E-state index in [0.717, 1.165) is 47.3 Å². The first-order valence-corrected chi connectivity index (χ1v) is 11.5. The summed E-state index contributed by atoms with van der Waals surface area (Å²) in [6.07, 6.45) is -2.28. The minimum Gasteiger partial charge on any atom is -0.497 e. The van der Waals surface area contributed by atoms with E-state index in [4.69, 9.17) is 14.2 Å². The summed E-state index contributed by atoms with van der Waals surface area (Å²) in [6.45, 7) is 0.0633. The maximum absolute atomic E-state index is 12.4. The van der Waals surface area contributed by atoms with E-state index in [1.807, 2.05) is 34.9 Å². The summed E-state index contributed by atoms with van der Waals surface area (Å²) >= 11 is 1.47. The molecule has 1 aromatic heterocycles. The number of aromatic nitrogens is 3. The molecule has 6 nitrogen and oxygen atoms in total. The number of halogens is 3. The molecule has 10 heteroatoms. The number of nitrogens with zero attached hydrogens (tertiary/aromatic N) is 3. The molecule has 176 valence electrons. The van der Waals surface area contributed by atoms with Crippen LogP contribution in [0.25, 0.3) is 11.4 Å².